The van der Waals surface area contributed by atoms with Gasteiger partial charge in [0.25, 0.3) is 5.91 Å². The highest BCUT2D eigenvalue weighted by atomic mass is 79.9. The Labute approximate surface area is 123 Å². The normalized spacial score (nSPS) is 21.6. The van der Waals surface area contributed by atoms with Crippen LogP contribution in [0.2, 0.25) is 0 Å². The lowest BCUT2D eigenvalue weighted by atomic mass is 9.85. The molecular weight excluding hydrogens is 306 g/mol. The maximum absolute atomic E-state index is 12.4. The summed E-state index contributed by atoms with van der Waals surface area (Å²) in [6, 6.07) is 7.45. The first-order chi connectivity index (χ1) is 9.11. The van der Waals surface area contributed by atoms with Crippen molar-refractivity contribution in [2.45, 2.75) is 24.6 Å². The van der Waals surface area contributed by atoms with Crippen LogP contribution in [-0.4, -0.2) is 35.8 Å². The molecule has 0 bridgehead atoms. The van der Waals surface area contributed by atoms with Gasteiger partial charge in [-0.15, -0.1) is 0 Å². The van der Waals surface area contributed by atoms with Crippen LogP contribution in [-0.2, 0) is 0 Å². The van der Waals surface area contributed by atoms with Crippen LogP contribution in [0, 0.1) is 5.92 Å². The van der Waals surface area contributed by atoms with Gasteiger partial charge in [-0.1, -0.05) is 28.1 Å². The molecule has 0 aliphatic heterocycles. The molecule has 2 rings (SSSR count). The van der Waals surface area contributed by atoms with Gasteiger partial charge in [-0.05, 0) is 37.8 Å². The van der Waals surface area contributed by atoms with E-state index in [2.05, 4.69) is 15.9 Å². The van der Waals surface area contributed by atoms with Crippen molar-refractivity contribution in [3.8, 4) is 5.75 Å². The Morgan fingerprint density at radius 1 is 1.42 bits per heavy atom. The minimum absolute atomic E-state index is 0.0436. The molecule has 19 heavy (non-hydrogen) atoms. The maximum atomic E-state index is 12.4. The van der Waals surface area contributed by atoms with Crippen molar-refractivity contribution in [1.82, 2.24) is 4.90 Å². The van der Waals surface area contributed by atoms with E-state index >= 15 is 0 Å². The van der Waals surface area contributed by atoms with Crippen molar-refractivity contribution in [3.63, 3.8) is 0 Å². The van der Waals surface area contributed by atoms with Gasteiger partial charge in [-0.3, -0.25) is 4.79 Å². The Balaban J connectivity index is 2.01. The van der Waals surface area contributed by atoms with Crippen molar-refractivity contribution in [1.29, 1.82) is 0 Å². The molecule has 0 spiro atoms. The van der Waals surface area contributed by atoms with Crippen LogP contribution in [0.5, 0.6) is 5.75 Å². The molecule has 1 aliphatic rings. The average molecular weight is 326 g/mol. The molecule has 0 atom stereocenters. The van der Waals surface area contributed by atoms with E-state index in [1.165, 1.54) is 0 Å². The second-order valence-corrected chi connectivity index (χ2v) is 6.34. The van der Waals surface area contributed by atoms with Crippen molar-refractivity contribution >= 4 is 21.8 Å². The maximum Gasteiger partial charge on any atom is 0.257 e. The van der Waals surface area contributed by atoms with E-state index in [9.17, 15) is 4.79 Å². The molecule has 1 aliphatic carbocycles. The molecule has 104 valence electrons. The van der Waals surface area contributed by atoms with E-state index in [0.717, 1.165) is 19.4 Å². The summed E-state index contributed by atoms with van der Waals surface area (Å²) in [4.78, 5) is 14.9. The summed E-state index contributed by atoms with van der Waals surface area (Å²) < 4.78 is 5.52. The van der Waals surface area contributed by atoms with E-state index in [4.69, 9.17) is 4.74 Å². The predicted octanol–water partition coefficient (Wildman–Crippen LogP) is 3.33. The van der Waals surface area contributed by atoms with E-state index < -0.39 is 0 Å². The number of rotatable bonds is 5. The molecule has 1 aromatic rings. The van der Waals surface area contributed by atoms with Crippen LogP contribution in [0.25, 0.3) is 0 Å². The first-order valence-corrected chi connectivity index (χ1v) is 7.64. The topological polar surface area (TPSA) is 29.5 Å². The second-order valence-electron chi connectivity index (χ2n) is 5.05. The highest BCUT2D eigenvalue weighted by Crippen LogP contribution is 2.34. The number of carbonyl (C=O) groups is 1. The van der Waals surface area contributed by atoms with Crippen molar-refractivity contribution < 1.29 is 9.53 Å². The minimum Gasteiger partial charge on any atom is -0.493 e. The SMILES string of the molecule is CCOc1ccccc1C(=O)N(C)CC1CC(Br)C1. The Morgan fingerprint density at radius 3 is 2.74 bits per heavy atom. The molecule has 1 fully saturated rings. The van der Waals surface area contributed by atoms with Crippen LogP contribution in [0.1, 0.15) is 30.1 Å². The number of alkyl halides is 1. The summed E-state index contributed by atoms with van der Waals surface area (Å²) in [5.74, 6) is 1.34. The van der Waals surface area contributed by atoms with Crippen LogP contribution in [0.4, 0.5) is 0 Å². The number of nitrogens with zero attached hydrogens (tertiary/aromatic N) is 1. The lowest BCUT2D eigenvalue weighted by Gasteiger charge is -2.34. The van der Waals surface area contributed by atoms with Crippen molar-refractivity contribution in [2.75, 3.05) is 20.2 Å². The van der Waals surface area contributed by atoms with E-state index in [1.807, 2.05) is 38.2 Å². The smallest absolute Gasteiger partial charge is 0.257 e. The van der Waals surface area contributed by atoms with Crippen molar-refractivity contribution in [3.05, 3.63) is 29.8 Å². The number of ether oxygens (including phenoxy) is 1. The van der Waals surface area contributed by atoms with Gasteiger partial charge in [0.1, 0.15) is 5.75 Å². The summed E-state index contributed by atoms with van der Waals surface area (Å²) in [5.41, 5.74) is 0.654. The largest absolute Gasteiger partial charge is 0.493 e. The lowest BCUT2D eigenvalue weighted by Crippen LogP contribution is -2.37. The number of para-hydroxylation sites is 1. The van der Waals surface area contributed by atoms with Gasteiger partial charge in [-0.2, -0.15) is 0 Å². The summed E-state index contributed by atoms with van der Waals surface area (Å²) in [7, 11) is 1.87. The highest BCUT2D eigenvalue weighted by molar-refractivity contribution is 9.09. The quantitative estimate of drug-likeness (QED) is 0.777. The number of amides is 1. The molecule has 0 radical (unpaired) electrons. The third-order valence-corrected chi connectivity index (χ3v) is 4.22. The van der Waals surface area contributed by atoms with Crippen LogP contribution >= 0.6 is 15.9 Å². The molecule has 0 aromatic heterocycles. The first-order valence-electron chi connectivity index (χ1n) is 6.73. The molecule has 0 saturated heterocycles. The van der Waals surface area contributed by atoms with E-state index in [0.29, 0.717) is 28.7 Å². The van der Waals surface area contributed by atoms with Gasteiger partial charge in [0.2, 0.25) is 0 Å². The fourth-order valence-corrected chi connectivity index (χ4v) is 3.46. The van der Waals surface area contributed by atoms with Crippen LogP contribution < -0.4 is 4.74 Å². The molecular formula is C15H20BrNO2. The molecule has 1 aromatic carbocycles. The predicted molar refractivity (Wildman–Crippen MR) is 80.0 cm³/mol. The molecule has 0 unspecified atom stereocenters. The van der Waals surface area contributed by atoms with E-state index in [1.54, 1.807) is 4.90 Å². The fourth-order valence-electron chi connectivity index (χ4n) is 2.40. The summed E-state index contributed by atoms with van der Waals surface area (Å²) in [6.07, 6.45) is 2.31. The zero-order valence-electron chi connectivity index (χ0n) is 11.4. The monoisotopic (exact) mass is 325 g/mol. The van der Waals surface area contributed by atoms with Crippen LogP contribution in [0.3, 0.4) is 0 Å². The second kappa shape index (κ2) is 6.42. The standard InChI is InChI=1S/C15H20BrNO2/c1-3-19-14-7-5-4-6-13(14)15(18)17(2)10-11-8-12(16)9-11/h4-7,11-12H,3,8-10H2,1-2H3. The van der Waals surface area contributed by atoms with E-state index in [-0.39, 0.29) is 5.91 Å². The Bertz CT molecular complexity index is 444. The third-order valence-electron chi connectivity index (χ3n) is 3.47. The minimum atomic E-state index is 0.0436. The number of hydrogen-bond donors (Lipinski definition) is 0. The number of halogens is 1. The first kappa shape index (κ1) is 14.4. The third kappa shape index (κ3) is 3.50. The van der Waals surface area contributed by atoms with Gasteiger partial charge >= 0.3 is 0 Å². The molecule has 4 heteroatoms. The van der Waals surface area contributed by atoms with Gasteiger partial charge in [0, 0.05) is 18.4 Å². The van der Waals surface area contributed by atoms with Crippen LogP contribution in [0.15, 0.2) is 24.3 Å². The van der Waals surface area contributed by atoms with Gasteiger partial charge < -0.3 is 9.64 Å². The summed E-state index contributed by atoms with van der Waals surface area (Å²) >= 11 is 3.58. The fraction of sp³-hybridized carbons (Fsp3) is 0.533. The van der Waals surface area contributed by atoms with Gasteiger partial charge in [-0.25, -0.2) is 0 Å². The summed E-state index contributed by atoms with van der Waals surface area (Å²) in [5, 5.41) is 0. The van der Waals surface area contributed by atoms with Gasteiger partial charge in [0.15, 0.2) is 0 Å². The summed E-state index contributed by atoms with van der Waals surface area (Å²) in [6.45, 7) is 3.32. The number of hydrogen-bond acceptors (Lipinski definition) is 2. The molecule has 1 amide bonds. The molecule has 0 N–H and O–H groups in total. The average Bonchev–Trinajstić information content (AvgIpc) is 2.37. The van der Waals surface area contributed by atoms with Gasteiger partial charge in [0.05, 0.1) is 12.2 Å². The molecule has 3 nitrogen and oxygen atoms in total. The number of carbonyl (C=O) groups excluding carboxylic acids is 1. The lowest BCUT2D eigenvalue weighted by molar-refractivity contribution is 0.0744. The molecule has 1 saturated carbocycles. The Morgan fingerprint density at radius 2 is 2.11 bits per heavy atom. The van der Waals surface area contributed by atoms with Crippen molar-refractivity contribution in [2.24, 2.45) is 5.92 Å². The number of benzene rings is 1. The Hall–Kier alpha value is -1.03. The Kier molecular flexibility index (Phi) is 4.86. The highest BCUT2D eigenvalue weighted by Gasteiger charge is 2.29. The zero-order valence-corrected chi connectivity index (χ0v) is 13.0. The molecule has 0 heterocycles. The zero-order chi connectivity index (χ0) is 13.8.